The molecule has 1 atom stereocenters. The quantitative estimate of drug-likeness (QED) is 0.314. The van der Waals surface area contributed by atoms with Crippen molar-refractivity contribution in [3.05, 3.63) is 90.0 Å². The van der Waals surface area contributed by atoms with E-state index in [9.17, 15) is 4.79 Å². The molecule has 0 aliphatic heterocycles. The van der Waals surface area contributed by atoms with Gasteiger partial charge in [0.2, 0.25) is 5.91 Å². The minimum absolute atomic E-state index is 0.0200. The highest BCUT2D eigenvalue weighted by molar-refractivity contribution is 7.99. The van der Waals surface area contributed by atoms with Crippen LogP contribution >= 0.6 is 11.8 Å². The van der Waals surface area contributed by atoms with Gasteiger partial charge in [0.15, 0.2) is 11.0 Å². The van der Waals surface area contributed by atoms with Gasteiger partial charge in [-0.2, -0.15) is 0 Å². The summed E-state index contributed by atoms with van der Waals surface area (Å²) in [7, 11) is 3.48. The zero-order valence-electron chi connectivity index (χ0n) is 19.8. The van der Waals surface area contributed by atoms with Crippen LogP contribution in [0, 0.1) is 6.92 Å². The summed E-state index contributed by atoms with van der Waals surface area (Å²) in [5, 5.41) is 9.59. The van der Waals surface area contributed by atoms with Gasteiger partial charge >= 0.3 is 0 Å². The number of carbonyl (C=O) groups is 1. The van der Waals surface area contributed by atoms with Gasteiger partial charge in [0.1, 0.15) is 5.75 Å². The number of hydrogen-bond donors (Lipinski definition) is 0. The normalized spacial score (nSPS) is 11.8. The number of rotatable bonds is 8. The Labute approximate surface area is 204 Å². The van der Waals surface area contributed by atoms with Gasteiger partial charge in [-0.15, -0.1) is 10.2 Å². The number of thioether (sulfide) groups is 1. The average Bonchev–Trinajstić information content (AvgIpc) is 3.31. The molecule has 7 heteroatoms. The second-order valence-electron chi connectivity index (χ2n) is 8.06. The summed E-state index contributed by atoms with van der Waals surface area (Å²) >= 11 is 1.38. The molecule has 174 valence electrons. The van der Waals surface area contributed by atoms with Crippen LogP contribution in [-0.2, 0) is 4.79 Å². The highest BCUT2D eigenvalue weighted by atomic mass is 32.2. The van der Waals surface area contributed by atoms with E-state index in [0.29, 0.717) is 16.7 Å². The lowest BCUT2D eigenvalue weighted by molar-refractivity contribution is -0.128. The van der Waals surface area contributed by atoms with E-state index in [1.165, 1.54) is 11.8 Å². The fourth-order valence-electron chi connectivity index (χ4n) is 3.69. The van der Waals surface area contributed by atoms with Crippen LogP contribution in [-0.4, -0.2) is 45.5 Å². The van der Waals surface area contributed by atoms with Crippen molar-refractivity contribution in [2.45, 2.75) is 25.0 Å². The number of benzene rings is 3. The Morgan fingerprint density at radius 3 is 2.38 bits per heavy atom. The number of nitrogens with zero attached hydrogens (tertiary/aromatic N) is 4. The first kappa shape index (κ1) is 23.6. The molecule has 1 heterocycles. The second kappa shape index (κ2) is 10.6. The number of amides is 1. The molecule has 0 saturated heterocycles. The fraction of sp³-hybridized carbons (Fsp3) is 0.222. The summed E-state index contributed by atoms with van der Waals surface area (Å²) in [6.07, 6.45) is 0. The molecular weight excluding hydrogens is 444 g/mol. The Morgan fingerprint density at radius 2 is 1.68 bits per heavy atom. The minimum atomic E-state index is -0.0200. The minimum Gasteiger partial charge on any atom is -0.496 e. The third-order valence-corrected chi connectivity index (χ3v) is 6.77. The molecule has 34 heavy (non-hydrogen) atoms. The van der Waals surface area contributed by atoms with Gasteiger partial charge in [-0.3, -0.25) is 9.36 Å². The molecule has 0 N–H and O–H groups in total. The van der Waals surface area contributed by atoms with Gasteiger partial charge in [0, 0.05) is 12.7 Å². The van der Waals surface area contributed by atoms with E-state index in [1.807, 2.05) is 85.3 Å². The number of hydrogen-bond acceptors (Lipinski definition) is 5. The Kier molecular flexibility index (Phi) is 7.33. The Balaban J connectivity index is 1.62. The predicted octanol–water partition coefficient (Wildman–Crippen LogP) is 5.56. The third kappa shape index (κ3) is 4.99. The van der Waals surface area contributed by atoms with Gasteiger partial charge in [0.25, 0.3) is 0 Å². The van der Waals surface area contributed by atoms with Gasteiger partial charge in [-0.05, 0) is 43.7 Å². The standard InChI is InChI=1S/C27H28N4O2S/c1-19-14-16-22(17-15-19)31-26(23-12-8-9-13-24(23)33-4)28-29-27(31)34-18-25(32)30(3)20(2)21-10-6-5-7-11-21/h5-17,20H,18H2,1-4H3. The molecule has 0 fully saturated rings. The van der Waals surface area contributed by atoms with Gasteiger partial charge in [0.05, 0.1) is 24.5 Å². The van der Waals surface area contributed by atoms with Crippen LogP contribution in [0.15, 0.2) is 84.0 Å². The molecule has 0 aliphatic rings. The maximum Gasteiger partial charge on any atom is 0.233 e. The SMILES string of the molecule is COc1ccccc1-c1nnc(SCC(=O)N(C)C(C)c2ccccc2)n1-c1ccc(C)cc1. The fourth-order valence-corrected chi connectivity index (χ4v) is 4.57. The van der Waals surface area contributed by atoms with Crippen molar-refractivity contribution >= 4 is 17.7 Å². The van der Waals surface area contributed by atoms with Crippen LogP contribution < -0.4 is 4.74 Å². The predicted molar refractivity (Wildman–Crippen MR) is 136 cm³/mol. The summed E-state index contributed by atoms with van der Waals surface area (Å²) in [4.78, 5) is 14.8. The van der Waals surface area contributed by atoms with Gasteiger partial charge in [-0.25, -0.2) is 0 Å². The molecule has 1 aromatic heterocycles. The van der Waals surface area contributed by atoms with Crippen LogP contribution in [0.1, 0.15) is 24.1 Å². The lowest BCUT2D eigenvalue weighted by atomic mass is 10.1. The van der Waals surface area contributed by atoms with Crippen molar-refractivity contribution in [3.8, 4) is 22.8 Å². The number of carbonyl (C=O) groups excluding carboxylic acids is 1. The first-order valence-corrected chi connectivity index (χ1v) is 12.1. The van der Waals surface area contributed by atoms with Crippen molar-refractivity contribution in [3.63, 3.8) is 0 Å². The Bertz CT molecular complexity index is 1260. The Morgan fingerprint density at radius 1 is 1.00 bits per heavy atom. The summed E-state index contributed by atoms with van der Waals surface area (Å²) in [5.74, 6) is 1.66. The molecule has 0 spiro atoms. The molecule has 1 amide bonds. The summed E-state index contributed by atoms with van der Waals surface area (Å²) in [5.41, 5.74) is 4.03. The van der Waals surface area contributed by atoms with Crippen molar-refractivity contribution in [1.82, 2.24) is 19.7 Å². The maximum absolute atomic E-state index is 13.0. The van der Waals surface area contributed by atoms with Gasteiger partial charge < -0.3 is 9.64 Å². The number of aryl methyl sites for hydroxylation is 1. The van der Waals surface area contributed by atoms with E-state index >= 15 is 0 Å². The molecule has 6 nitrogen and oxygen atoms in total. The summed E-state index contributed by atoms with van der Waals surface area (Å²) in [6, 6.07) is 25.9. The zero-order valence-corrected chi connectivity index (χ0v) is 20.6. The second-order valence-corrected chi connectivity index (χ2v) is 9.00. The average molecular weight is 473 g/mol. The molecular formula is C27H28N4O2S. The molecule has 4 rings (SSSR count). The number of methoxy groups -OCH3 is 1. The van der Waals surface area contributed by atoms with Crippen molar-refractivity contribution < 1.29 is 9.53 Å². The van der Waals surface area contributed by atoms with E-state index in [-0.39, 0.29) is 17.7 Å². The van der Waals surface area contributed by atoms with E-state index in [0.717, 1.165) is 22.4 Å². The molecule has 0 aliphatic carbocycles. The van der Waals surface area contributed by atoms with Crippen molar-refractivity contribution in [1.29, 1.82) is 0 Å². The van der Waals surface area contributed by atoms with Crippen molar-refractivity contribution in [2.75, 3.05) is 19.9 Å². The largest absolute Gasteiger partial charge is 0.496 e. The first-order chi connectivity index (χ1) is 16.5. The lowest BCUT2D eigenvalue weighted by Crippen LogP contribution is -2.31. The summed E-state index contributed by atoms with van der Waals surface area (Å²) < 4.78 is 7.55. The van der Waals surface area contributed by atoms with E-state index in [1.54, 1.807) is 12.0 Å². The molecule has 0 saturated carbocycles. The Hall–Kier alpha value is -3.58. The van der Waals surface area contributed by atoms with Crippen LogP contribution in [0.2, 0.25) is 0 Å². The van der Waals surface area contributed by atoms with Gasteiger partial charge in [-0.1, -0.05) is 71.9 Å². The number of para-hydroxylation sites is 1. The monoisotopic (exact) mass is 472 g/mol. The van der Waals surface area contributed by atoms with Crippen LogP contribution in [0.3, 0.4) is 0 Å². The summed E-state index contributed by atoms with van der Waals surface area (Å²) in [6.45, 7) is 4.08. The molecule has 4 aromatic rings. The van der Waals surface area contributed by atoms with Crippen molar-refractivity contribution in [2.24, 2.45) is 0 Å². The third-order valence-electron chi connectivity index (χ3n) is 5.85. The van der Waals surface area contributed by atoms with Crippen LogP contribution in [0.4, 0.5) is 0 Å². The first-order valence-electron chi connectivity index (χ1n) is 11.1. The highest BCUT2D eigenvalue weighted by Crippen LogP contribution is 2.33. The topological polar surface area (TPSA) is 60.3 Å². The number of ether oxygens (including phenoxy) is 1. The lowest BCUT2D eigenvalue weighted by Gasteiger charge is -2.25. The van der Waals surface area contributed by atoms with E-state index in [2.05, 4.69) is 29.3 Å². The molecule has 0 bridgehead atoms. The number of aromatic nitrogens is 3. The maximum atomic E-state index is 13.0. The highest BCUT2D eigenvalue weighted by Gasteiger charge is 2.22. The zero-order chi connectivity index (χ0) is 24.1. The molecule has 1 unspecified atom stereocenters. The van der Waals surface area contributed by atoms with E-state index in [4.69, 9.17) is 4.74 Å². The molecule has 0 radical (unpaired) electrons. The van der Waals surface area contributed by atoms with Crippen LogP contribution in [0.5, 0.6) is 5.75 Å². The molecule has 3 aromatic carbocycles. The van der Waals surface area contributed by atoms with Crippen LogP contribution in [0.25, 0.3) is 17.1 Å². The van der Waals surface area contributed by atoms with E-state index < -0.39 is 0 Å². The smallest absolute Gasteiger partial charge is 0.233 e.